The van der Waals surface area contributed by atoms with Crippen LogP contribution in [-0.2, 0) is 11.2 Å². The zero-order valence-corrected chi connectivity index (χ0v) is 18.1. The number of aromatic nitrogens is 1. The average Bonchev–Trinajstić information content (AvgIpc) is 2.80. The van der Waals surface area contributed by atoms with Crippen molar-refractivity contribution in [3.63, 3.8) is 0 Å². The van der Waals surface area contributed by atoms with Gasteiger partial charge in [-0.3, -0.25) is 0 Å². The van der Waals surface area contributed by atoms with Gasteiger partial charge < -0.3 is 19.7 Å². The molecule has 1 aliphatic rings. The number of hydrogen-bond donors (Lipinski definition) is 2. The van der Waals surface area contributed by atoms with Crippen LogP contribution >= 0.6 is 11.6 Å². The SMILES string of the molecule is COc1ccc(-c2ccc(Cc3cc([C@H]4CC(O)C[C@@H](CO)O4)ccc3Cl)cc2)cn1. The normalized spacial score (nSPS) is 21.1. The molecule has 31 heavy (non-hydrogen) atoms. The van der Waals surface area contributed by atoms with E-state index in [1.807, 2.05) is 30.3 Å². The first-order chi connectivity index (χ1) is 15.1. The predicted molar refractivity (Wildman–Crippen MR) is 120 cm³/mol. The highest BCUT2D eigenvalue weighted by Crippen LogP contribution is 2.34. The summed E-state index contributed by atoms with van der Waals surface area (Å²) in [5, 5.41) is 20.2. The van der Waals surface area contributed by atoms with Crippen LogP contribution in [0, 0.1) is 0 Å². The Morgan fingerprint density at radius 1 is 1.06 bits per heavy atom. The third-order valence-corrected chi connectivity index (χ3v) is 6.02. The molecule has 3 atom stereocenters. The molecule has 2 N–H and O–H groups in total. The molecule has 1 saturated heterocycles. The lowest BCUT2D eigenvalue weighted by atomic mass is 9.94. The predicted octanol–water partition coefficient (Wildman–Crippen LogP) is 4.57. The van der Waals surface area contributed by atoms with Gasteiger partial charge in [0.25, 0.3) is 0 Å². The molecule has 0 radical (unpaired) electrons. The summed E-state index contributed by atoms with van der Waals surface area (Å²) in [4.78, 5) is 4.26. The second kappa shape index (κ2) is 9.79. The fourth-order valence-electron chi connectivity index (χ4n) is 3.96. The average molecular weight is 440 g/mol. The number of aliphatic hydroxyl groups excluding tert-OH is 2. The first kappa shape index (κ1) is 21.8. The lowest BCUT2D eigenvalue weighted by molar-refractivity contribution is -0.113. The number of rotatable bonds is 6. The van der Waals surface area contributed by atoms with Gasteiger partial charge in [0.15, 0.2) is 0 Å². The van der Waals surface area contributed by atoms with E-state index in [9.17, 15) is 10.2 Å². The Morgan fingerprint density at radius 2 is 1.84 bits per heavy atom. The molecule has 2 heterocycles. The molecule has 0 aliphatic carbocycles. The summed E-state index contributed by atoms with van der Waals surface area (Å²) in [7, 11) is 1.60. The van der Waals surface area contributed by atoms with Gasteiger partial charge in [-0.05, 0) is 40.8 Å². The lowest BCUT2D eigenvalue weighted by Gasteiger charge is -2.32. The van der Waals surface area contributed by atoms with E-state index in [4.69, 9.17) is 21.1 Å². The van der Waals surface area contributed by atoms with E-state index in [2.05, 4.69) is 29.2 Å². The summed E-state index contributed by atoms with van der Waals surface area (Å²) in [6, 6.07) is 18.0. The van der Waals surface area contributed by atoms with Crippen LogP contribution in [0.4, 0.5) is 0 Å². The first-order valence-electron chi connectivity index (χ1n) is 10.4. The number of aliphatic hydroxyl groups is 2. The minimum atomic E-state index is -0.477. The Morgan fingerprint density at radius 3 is 2.52 bits per heavy atom. The minimum Gasteiger partial charge on any atom is -0.481 e. The summed E-state index contributed by atoms with van der Waals surface area (Å²) in [6.07, 6.45) is 2.40. The van der Waals surface area contributed by atoms with Crippen molar-refractivity contribution >= 4 is 11.6 Å². The molecule has 0 amide bonds. The summed E-state index contributed by atoms with van der Waals surface area (Å²) in [5.41, 5.74) is 5.22. The fraction of sp³-hybridized carbons (Fsp3) is 0.320. The van der Waals surface area contributed by atoms with Crippen LogP contribution in [-0.4, -0.2) is 41.1 Å². The van der Waals surface area contributed by atoms with Gasteiger partial charge in [0.1, 0.15) is 0 Å². The van der Waals surface area contributed by atoms with Crippen LogP contribution < -0.4 is 4.74 Å². The molecule has 2 aromatic carbocycles. The Bertz CT molecular complexity index is 1010. The van der Waals surface area contributed by atoms with E-state index in [1.54, 1.807) is 13.3 Å². The van der Waals surface area contributed by atoms with E-state index in [0.717, 1.165) is 27.8 Å². The van der Waals surface area contributed by atoms with Gasteiger partial charge in [0.05, 0.1) is 32.0 Å². The molecule has 6 heteroatoms. The Labute approximate surface area is 187 Å². The third-order valence-electron chi connectivity index (χ3n) is 5.65. The van der Waals surface area contributed by atoms with Crippen molar-refractivity contribution in [3.05, 3.63) is 82.5 Å². The number of benzene rings is 2. The van der Waals surface area contributed by atoms with Crippen LogP contribution in [0.25, 0.3) is 11.1 Å². The first-order valence-corrected chi connectivity index (χ1v) is 10.8. The Kier molecular flexibility index (Phi) is 6.88. The van der Waals surface area contributed by atoms with Crippen LogP contribution in [0.15, 0.2) is 60.8 Å². The maximum atomic E-state index is 10.1. The third kappa shape index (κ3) is 5.25. The monoisotopic (exact) mass is 439 g/mol. The van der Waals surface area contributed by atoms with Gasteiger partial charge in [0.2, 0.25) is 5.88 Å². The van der Waals surface area contributed by atoms with E-state index in [0.29, 0.717) is 30.2 Å². The minimum absolute atomic E-state index is 0.0932. The van der Waals surface area contributed by atoms with Crippen molar-refractivity contribution in [2.24, 2.45) is 0 Å². The molecule has 162 valence electrons. The van der Waals surface area contributed by atoms with Gasteiger partial charge in [-0.1, -0.05) is 48.0 Å². The van der Waals surface area contributed by atoms with Crippen molar-refractivity contribution in [1.29, 1.82) is 0 Å². The van der Waals surface area contributed by atoms with Crippen LogP contribution in [0.5, 0.6) is 5.88 Å². The molecule has 1 aliphatic heterocycles. The van der Waals surface area contributed by atoms with Gasteiger partial charge >= 0.3 is 0 Å². The highest BCUT2D eigenvalue weighted by atomic mass is 35.5. The van der Waals surface area contributed by atoms with E-state index < -0.39 is 6.10 Å². The maximum absolute atomic E-state index is 10.1. The molecule has 1 aromatic heterocycles. The summed E-state index contributed by atoms with van der Waals surface area (Å²) in [6.45, 7) is -0.0932. The van der Waals surface area contributed by atoms with E-state index in [-0.39, 0.29) is 18.8 Å². The fourth-order valence-corrected chi connectivity index (χ4v) is 4.14. The van der Waals surface area contributed by atoms with Crippen LogP contribution in [0.1, 0.15) is 35.6 Å². The summed E-state index contributed by atoms with van der Waals surface area (Å²) in [5.74, 6) is 0.592. The topological polar surface area (TPSA) is 71.8 Å². The number of pyridine rings is 1. The molecule has 5 nitrogen and oxygen atoms in total. The van der Waals surface area contributed by atoms with Gasteiger partial charge in [-0.2, -0.15) is 0 Å². The Hall–Kier alpha value is -2.44. The van der Waals surface area contributed by atoms with Gasteiger partial charge in [-0.25, -0.2) is 4.98 Å². The molecule has 0 spiro atoms. The maximum Gasteiger partial charge on any atom is 0.212 e. The second-order valence-electron chi connectivity index (χ2n) is 7.87. The molecular weight excluding hydrogens is 414 g/mol. The number of nitrogens with zero attached hydrogens (tertiary/aromatic N) is 1. The van der Waals surface area contributed by atoms with Crippen molar-refractivity contribution in [1.82, 2.24) is 4.98 Å². The van der Waals surface area contributed by atoms with E-state index >= 15 is 0 Å². The molecule has 0 saturated carbocycles. The van der Waals surface area contributed by atoms with E-state index in [1.165, 1.54) is 0 Å². The van der Waals surface area contributed by atoms with Crippen LogP contribution in [0.2, 0.25) is 5.02 Å². The highest BCUT2D eigenvalue weighted by molar-refractivity contribution is 6.31. The molecule has 0 bridgehead atoms. The standard InChI is InChI=1S/C25H26ClNO4/c1-30-25-9-7-19(14-27-25)17-4-2-16(3-5-17)10-20-11-18(6-8-23(20)26)24-13-21(29)12-22(15-28)31-24/h2-9,11,14,21-22,24,28-29H,10,12-13,15H2,1H3/t21?,22-,24+/m0/s1. The highest BCUT2D eigenvalue weighted by Gasteiger charge is 2.29. The molecule has 1 unspecified atom stereocenters. The van der Waals surface area contributed by atoms with Crippen molar-refractivity contribution in [3.8, 4) is 17.0 Å². The van der Waals surface area contributed by atoms with Crippen LogP contribution in [0.3, 0.4) is 0 Å². The van der Waals surface area contributed by atoms with Crippen molar-refractivity contribution < 1.29 is 19.7 Å². The number of methoxy groups -OCH3 is 1. The number of hydrogen-bond acceptors (Lipinski definition) is 5. The molecule has 1 fully saturated rings. The van der Waals surface area contributed by atoms with Gasteiger partial charge in [0, 0.05) is 35.7 Å². The zero-order valence-electron chi connectivity index (χ0n) is 17.4. The van der Waals surface area contributed by atoms with Crippen molar-refractivity contribution in [2.45, 2.75) is 37.6 Å². The zero-order chi connectivity index (χ0) is 21.8. The summed E-state index contributed by atoms with van der Waals surface area (Å²) < 4.78 is 11.1. The number of halogens is 1. The Balaban J connectivity index is 1.50. The molecule has 3 aromatic rings. The quantitative estimate of drug-likeness (QED) is 0.588. The largest absolute Gasteiger partial charge is 0.481 e. The molecule has 4 rings (SSSR count). The lowest BCUT2D eigenvalue weighted by Crippen LogP contribution is -2.33. The van der Waals surface area contributed by atoms with Crippen molar-refractivity contribution in [2.75, 3.05) is 13.7 Å². The number of ether oxygens (including phenoxy) is 2. The smallest absolute Gasteiger partial charge is 0.212 e. The van der Waals surface area contributed by atoms with Gasteiger partial charge in [-0.15, -0.1) is 0 Å². The molecular formula is C25H26ClNO4. The second-order valence-corrected chi connectivity index (χ2v) is 8.28. The summed E-state index contributed by atoms with van der Waals surface area (Å²) >= 11 is 6.48.